The predicted octanol–water partition coefficient (Wildman–Crippen LogP) is 0.682. The molecule has 4 fully saturated rings. The minimum absolute atomic E-state index is 0.0171. The molecule has 0 aromatic heterocycles. The topological polar surface area (TPSA) is 59.1 Å². The van der Waals surface area contributed by atoms with E-state index < -0.39 is 10.0 Å². The van der Waals surface area contributed by atoms with Crippen LogP contribution in [0, 0.1) is 5.41 Å². The van der Waals surface area contributed by atoms with Crippen molar-refractivity contribution >= 4 is 10.0 Å². The highest BCUT2D eigenvalue weighted by Gasteiger charge is 2.48. The molecule has 0 N–H and O–H groups in total. The first kappa shape index (κ1) is 16.3. The van der Waals surface area contributed by atoms with E-state index in [1.54, 1.807) is 4.31 Å². The smallest absolute Gasteiger partial charge is 0.217 e. The van der Waals surface area contributed by atoms with Crippen LogP contribution in [-0.4, -0.2) is 81.5 Å². The summed E-state index contributed by atoms with van der Waals surface area (Å²) in [5, 5.41) is -0.120. The second-order valence-electron chi connectivity index (χ2n) is 7.69. The fraction of sp³-hybridized carbons (Fsp3) is 1.00. The zero-order valence-corrected chi connectivity index (χ0v) is 14.6. The van der Waals surface area contributed by atoms with E-state index in [0.29, 0.717) is 32.3 Å². The maximum absolute atomic E-state index is 12.7. The highest BCUT2D eigenvalue weighted by molar-refractivity contribution is 7.90. The number of nitrogens with zero attached hydrogens (tertiary/aromatic N) is 2. The Labute approximate surface area is 139 Å². The van der Waals surface area contributed by atoms with Crippen LogP contribution in [0.3, 0.4) is 0 Å². The Hall–Kier alpha value is -0.210. The van der Waals surface area contributed by atoms with E-state index in [1.165, 1.54) is 0 Å². The largest absolute Gasteiger partial charge is 0.381 e. The standard InChI is InChI=1S/C16H28N2O4S/c19-23(20,15-1-2-15)18-7-10-22-13-16(12-18)5-6-17(11-16)14-3-8-21-9-4-14/h14-15H,1-13H2/t16-/m0/s1. The number of ether oxygens (including phenoxy) is 2. The fourth-order valence-corrected chi connectivity index (χ4v) is 6.26. The Balaban J connectivity index is 1.46. The van der Waals surface area contributed by atoms with Gasteiger partial charge in [0.05, 0.1) is 18.5 Å². The normalized spacial score (nSPS) is 35.7. The molecule has 1 saturated carbocycles. The SMILES string of the molecule is O=S(=O)(C1CC1)N1CCOC[C@]2(CCN(C3CCOCC3)C2)C1. The minimum Gasteiger partial charge on any atom is -0.381 e. The molecule has 0 unspecified atom stereocenters. The van der Waals surface area contributed by atoms with Gasteiger partial charge in [-0.2, -0.15) is 4.31 Å². The van der Waals surface area contributed by atoms with Crippen molar-refractivity contribution in [2.45, 2.75) is 43.4 Å². The summed E-state index contributed by atoms with van der Waals surface area (Å²) >= 11 is 0. The molecule has 3 aliphatic heterocycles. The van der Waals surface area contributed by atoms with Gasteiger partial charge in [-0.3, -0.25) is 4.90 Å². The number of hydrogen-bond donors (Lipinski definition) is 0. The van der Waals surface area contributed by atoms with Gasteiger partial charge in [-0.25, -0.2) is 8.42 Å². The molecule has 23 heavy (non-hydrogen) atoms. The Bertz CT molecular complexity index is 530. The lowest BCUT2D eigenvalue weighted by molar-refractivity contribution is 0.0295. The van der Waals surface area contributed by atoms with Gasteiger partial charge in [0.25, 0.3) is 0 Å². The average Bonchev–Trinajstić information content (AvgIpc) is 3.35. The molecule has 3 saturated heterocycles. The summed E-state index contributed by atoms with van der Waals surface area (Å²) in [6.07, 6.45) is 4.91. The molecule has 0 amide bonds. The average molecular weight is 344 g/mol. The summed E-state index contributed by atoms with van der Waals surface area (Å²) in [6.45, 7) is 6.14. The molecule has 0 aromatic carbocycles. The van der Waals surface area contributed by atoms with Crippen molar-refractivity contribution < 1.29 is 17.9 Å². The fourth-order valence-electron chi connectivity index (χ4n) is 4.33. The molecular weight excluding hydrogens is 316 g/mol. The van der Waals surface area contributed by atoms with Gasteiger partial charge in [-0.1, -0.05) is 0 Å². The minimum atomic E-state index is -3.10. The third kappa shape index (κ3) is 3.31. The van der Waals surface area contributed by atoms with E-state index in [4.69, 9.17) is 9.47 Å². The van der Waals surface area contributed by atoms with Crippen molar-refractivity contribution in [3.8, 4) is 0 Å². The molecule has 6 nitrogen and oxygen atoms in total. The number of rotatable bonds is 3. The Kier molecular flexibility index (Phi) is 4.43. The molecule has 0 bridgehead atoms. The summed E-state index contributed by atoms with van der Waals surface area (Å²) in [5.74, 6) is 0. The molecule has 0 radical (unpaired) electrons. The van der Waals surface area contributed by atoms with Gasteiger partial charge in [0.2, 0.25) is 10.0 Å². The Morgan fingerprint density at radius 2 is 1.70 bits per heavy atom. The van der Waals surface area contributed by atoms with E-state index in [1.807, 2.05) is 0 Å². The summed E-state index contributed by atoms with van der Waals surface area (Å²) in [5.41, 5.74) is -0.0171. The summed E-state index contributed by atoms with van der Waals surface area (Å²) < 4.78 is 38.4. The van der Waals surface area contributed by atoms with Crippen molar-refractivity contribution in [2.75, 3.05) is 52.6 Å². The van der Waals surface area contributed by atoms with Gasteiger partial charge in [0.15, 0.2) is 0 Å². The van der Waals surface area contributed by atoms with Crippen molar-refractivity contribution in [3.63, 3.8) is 0 Å². The summed E-state index contributed by atoms with van der Waals surface area (Å²) in [7, 11) is -3.10. The lowest BCUT2D eigenvalue weighted by Gasteiger charge is -2.35. The van der Waals surface area contributed by atoms with Crippen LogP contribution in [0.25, 0.3) is 0 Å². The molecule has 7 heteroatoms. The third-order valence-corrected chi connectivity index (χ3v) is 8.23. The first-order chi connectivity index (χ1) is 11.1. The zero-order valence-electron chi connectivity index (χ0n) is 13.8. The zero-order chi connectivity index (χ0) is 15.9. The second kappa shape index (κ2) is 6.26. The van der Waals surface area contributed by atoms with E-state index >= 15 is 0 Å². The van der Waals surface area contributed by atoms with Crippen LogP contribution < -0.4 is 0 Å². The van der Waals surface area contributed by atoms with E-state index in [0.717, 1.165) is 58.4 Å². The van der Waals surface area contributed by atoms with E-state index in [2.05, 4.69) is 4.90 Å². The van der Waals surface area contributed by atoms with Crippen LogP contribution in [0.1, 0.15) is 32.1 Å². The van der Waals surface area contributed by atoms with Crippen LogP contribution in [0.15, 0.2) is 0 Å². The van der Waals surface area contributed by atoms with Crippen molar-refractivity contribution in [3.05, 3.63) is 0 Å². The maximum atomic E-state index is 12.7. The van der Waals surface area contributed by atoms with Gasteiger partial charge in [0, 0.05) is 44.3 Å². The monoisotopic (exact) mass is 344 g/mol. The molecule has 1 spiro atoms. The molecule has 4 rings (SSSR count). The number of hydrogen-bond acceptors (Lipinski definition) is 5. The van der Waals surface area contributed by atoms with Gasteiger partial charge < -0.3 is 9.47 Å². The van der Waals surface area contributed by atoms with Crippen LogP contribution >= 0.6 is 0 Å². The maximum Gasteiger partial charge on any atom is 0.217 e. The lowest BCUT2D eigenvalue weighted by atomic mass is 9.88. The molecular formula is C16H28N2O4S. The van der Waals surface area contributed by atoms with Crippen LogP contribution in [0.4, 0.5) is 0 Å². The predicted molar refractivity (Wildman–Crippen MR) is 86.8 cm³/mol. The number of likely N-dealkylation sites (tertiary alicyclic amines) is 1. The quantitative estimate of drug-likeness (QED) is 0.754. The highest BCUT2D eigenvalue weighted by Crippen LogP contribution is 2.39. The summed E-state index contributed by atoms with van der Waals surface area (Å²) in [4.78, 5) is 2.55. The number of sulfonamides is 1. The van der Waals surface area contributed by atoms with Gasteiger partial charge in [0.1, 0.15) is 0 Å². The molecule has 4 aliphatic rings. The molecule has 1 aliphatic carbocycles. The molecule has 0 aromatic rings. The van der Waals surface area contributed by atoms with Gasteiger partial charge in [-0.05, 0) is 38.6 Å². The second-order valence-corrected chi connectivity index (χ2v) is 9.91. The van der Waals surface area contributed by atoms with Crippen molar-refractivity contribution in [2.24, 2.45) is 5.41 Å². The lowest BCUT2D eigenvalue weighted by Crippen LogP contribution is -2.46. The first-order valence-electron chi connectivity index (χ1n) is 8.98. The molecule has 132 valence electrons. The van der Waals surface area contributed by atoms with E-state index in [-0.39, 0.29) is 10.7 Å². The van der Waals surface area contributed by atoms with Crippen LogP contribution in [-0.2, 0) is 19.5 Å². The molecule has 3 heterocycles. The molecule has 1 atom stereocenters. The van der Waals surface area contributed by atoms with Gasteiger partial charge >= 0.3 is 0 Å². The summed E-state index contributed by atoms with van der Waals surface area (Å²) in [6, 6.07) is 0.597. The Morgan fingerprint density at radius 3 is 2.43 bits per heavy atom. The van der Waals surface area contributed by atoms with Gasteiger partial charge in [-0.15, -0.1) is 0 Å². The van der Waals surface area contributed by atoms with Crippen molar-refractivity contribution in [1.82, 2.24) is 9.21 Å². The van der Waals surface area contributed by atoms with Crippen LogP contribution in [0.5, 0.6) is 0 Å². The van der Waals surface area contributed by atoms with Crippen LogP contribution in [0.2, 0.25) is 0 Å². The highest BCUT2D eigenvalue weighted by atomic mass is 32.2. The third-order valence-electron chi connectivity index (χ3n) is 5.89. The van der Waals surface area contributed by atoms with E-state index in [9.17, 15) is 8.42 Å². The first-order valence-corrected chi connectivity index (χ1v) is 10.5. The Morgan fingerprint density at radius 1 is 0.913 bits per heavy atom. The van der Waals surface area contributed by atoms with Crippen molar-refractivity contribution in [1.29, 1.82) is 0 Å².